The SMILES string of the molecule is CC(C)Oc1cccc(N2CCCN(C)C(=O)C2)c1N. The molecule has 0 spiro atoms. The van der Waals surface area contributed by atoms with Gasteiger partial charge in [0, 0.05) is 20.1 Å². The Bertz CT molecular complexity index is 488. The molecular formula is C15H23N3O2. The van der Waals surface area contributed by atoms with Crippen molar-refractivity contribution < 1.29 is 9.53 Å². The maximum atomic E-state index is 12.0. The highest BCUT2D eigenvalue weighted by atomic mass is 16.5. The zero-order valence-corrected chi connectivity index (χ0v) is 12.4. The van der Waals surface area contributed by atoms with Crippen LogP contribution in [0.4, 0.5) is 11.4 Å². The van der Waals surface area contributed by atoms with Gasteiger partial charge in [0.25, 0.3) is 0 Å². The minimum atomic E-state index is 0.0736. The highest BCUT2D eigenvalue weighted by Gasteiger charge is 2.21. The fourth-order valence-electron chi connectivity index (χ4n) is 2.36. The van der Waals surface area contributed by atoms with Gasteiger partial charge in [0.15, 0.2) is 0 Å². The van der Waals surface area contributed by atoms with Crippen molar-refractivity contribution in [2.75, 3.05) is 37.3 Å². The number of ether oxygens (including phenoxy) is 1. The Kier molecular flexibility index (Phi) is 4.37. The molecule has 0 radical (unpaired) electrons. The summed E-state index contributed by atoms with van der Waals surface area (Å²) in [5, 5.41) is 0. The second-order valence-electron chi connectivity index (χ2n) is 5.45. The molecule has 0 atom stereocenters. The van der Waals surface area contributed by atoms with E-state index in [1.165, 1.54) is 0 Å². The van der Waals surface area contributed by atoms with E-state index in [-0.39, 0.29) is 12.0 Å². The number of carbonyl (C=O) groups is 1. The third-order valence-electron chi connectivity index (χ3n) is 3.42. The molecule has 0 unspecified atom stereocenters. The summed E-state index contributed by atoms with van der Waals surface area (Å²) in [6.45, 7) is 5.92. The lowest BCUT2D eigenvalue weighted by atomic mass is 10.2. The number of likely N-dealkylation sites (N-methyl/N-ethyl adjacent to an activating group) is 1. The minimum absolute atomic E-state index is 0.0736. The summed E-state index contributed by atoms with van der Waals surface area (Å²) in [6, 6.07) is 5.73. The zero-order chi connectivity index (χ0) is 14.7. The lowest BCUT2D eigenvalue weighted by molar-refractivity contribution is -0.127. The van der Waals surface area contributed by atoms with Crippen LogP contribution in [0.25, 0.3) is 0 Å². The van der Waals surface area contributed by atoms with Crippen LogP contribution < -0.4 is 15.4 Å². The van der Waals surface area contributed by atoms with E-state index in [0.717, 1.165) is 25.2 Å². The van der Waals surface area contributed by atoms with Crippen LogP contribution in [-0.2, 0) is 4.79 Å². The monoisotopic (exact) mass is 277 g/mol. The molecule has 110 valence electrons. The number of anilines is 2. The number of hydrogen-bond donors (Lipinski definition) is 1. The van der Waals surface area contributed by atoms with Crippen molar-refractivity contribution in [3.8, 4) is 5.75 Å². The van der Waals surface area contributed by atoms with E-state index in [9.17, 15) is 4.79 Å². The minimum Gasteiger partial charge on any atom is -0.489 e. The molecule has 1 saturated heterocycles. The predicted octanol–water partition coefficient (Wildman–Crippen LogP) is 1.72. The molecule has 1 aliphatic rings. The van der Waals surface area contributed by atoms with E-state index in [4.69, 9.17) is 10.5 Å². The van der Waals surface area contributed by atoms with Gasteiger partial charge in [-0.05, 0) is 32.4 Å². The van der Waals surface area contributed by atoms with Crippen molar-refractivity contribution in [2.45, 2.75) is 26.4 Å². The largest absolute Gasteiger partial charge is 0.489 e. The Morgan fingerprint density at radius 2 is 2.05 bits per heavy atom. The van der Waals surface area contributed by atoms with Crippen molar-refractivity contribution in [1.29, 1.82) is 0 Å². The van der Waals surface area contributed by atoms with Gasteiger partial charge in [0.2, 0.25) is 5.91 Å². The van der Waals surface area contributed by atoms with Crippen LogP contribution in [0.3, 0.4) is 0 Å². The van der Waals surface area contributed by atoms with Crippen molar-refractivity contribution in [3.05, 3.63) is 18.2 Å². The van der Waals surface area contributed by atoms with Gasteiger partial charge in [-0.3, -0.25) is 4.79 Å². The Hall–Kier alpha value is -1.91. The Morgan fingerprint density at radius 3 is 2.75 bits per heavy atom. The molecule has 0 saturated carbocycles. The Morgan fingerprint density at radius 1 is 1.30 bits per heavy atom. The van der Waals surface area contributed by atoms with Crippen molar-refractivity contribution >= 4 is 17.3 Å². The van der Waals surface area contributed by atoms with Gasteiger partial charge in [-0.25, -0.2) is 0 Å². The smallest absolute Gasteiger partial charge is 0.241 e. The molecule has 5 nitrogen and oxygen atoms in total. The first-order valence-corrected chi connectivity index (χ1v) is 7.03. The van der Waals surface area contributed by atoms with Crippen LogP contribution >= 0.6 is 0 Å². The quantitative estimate of drug-likeness (QED) is 0.855. The van der Waals surface area contributed by atoms with Gasteiger partial charge in [-0.15, -0.1) is 0 Å². The van der Waals surface area contributed by atoms with Crippen LogP contribution in [0.1, 0.15) is 20.3 Å². The Labute approximate surface area is 120 Å². The van der Waals surface area contributed by atoms with E-state index < -0.39 is 0 Å². The molecule has 1 aromatic carbocycles. The van der Waals surface area contributed by atoms with E-state index in [2.05, 4.69) is 0 Å². The molecule has 0 aliphatic carbocycles. The van der Waals surface area contributed by atoms with E-state index in [0.29, 0.717) is 18.0 Å². The number of para-hydroxylation sites is 1. The van der Waals surface area contributed by atoms with Gasteiger partial charge >= 0.3 is 0 Å². The van der Waals surface area contributed by atoms with Gasteiger partial charge < -0.3 is 20.3 Å². The topological polar surface area (TPSA) is 58.8 Å². The van der Waals surface area contributed by atoms with Gasteiger partial charge in [-0.1, -0.05) is 6.07 Å². The standard InChI is InChI=1S/C15H23N3O2/c1-11(2)20-13-7-4-6-12(15(13)16)18-9-5-8-17(3)14(19)10-18/h4,6-7,11H,5,8-10,16H2,1-3H3. The van der Waals surface area contributed by atoms with Gasteiger partial charge in [-0.2, -0.15) is 0 Å². The second kappa shape index (κ2) is 6.03. The van der Waals surface area contributed by atoms with Crippen LogP contribution in [0.5, 0.6) is 5.75 Å². The number of amides is 1. The summed E-state index contributed by atoms with van der Waals surface area (Å²) in [5.41, 5.74) is 7.69. The number of nitrogen functional groups attached to an aromatic ring is 1. The fraction of sp³-hybridized carbons (Fsp3) is 0.533. The molecule has 2 N–H and O–H groups in total. The maximum absolute atomic E-state index is 12.0. The number of hydrogen-bond acceptors (Lipinski definition) is 4. The molecule has 1 heterocycles. The first-order valence-electron chi connectivity index (χ1n) is 7.03. The van der Waals surface area contributed by atoms with Crippen LogP contribution in [0.2, 0.25) is 0 Å². The summed E-state index contributed by atoms with van der Waals surface area (Å²) < 4.78 is 5.71. The molecule has 1 aromatic rings. The average molecular weight is 277 g/mol. The number of carbonyl (C=O) groups excluding carboxylic acids is 1. The molecular weight excluding hydrogens is 254 g/mol. The number of nitrogens with zero attached hydrogens (tertiary/aromatic N) is 2. The first-order chi connectivity index (χ1) is 9.49. The van der Waals surface area contributed by atoms with E-state index in [1.54, 1.807) is 4.90 Å². The average Bonchev–Trinajstić information content (AvgIpc) is 2.54. The van der Waals surface area contributed by atoms with E-state index in [1.807, 2.05) is 44.0 Å². The highest BCUT2D eigenvalue weighted by molar-refractivity contribution is 5.84. The second-order valence-corrected chi connectivity index (χ2v) is 5.45. The third-order valence-corrected chi connectivity index (χ3v) is 3.42. The summed E-state index contributed by atoms with van der Waals surface area (Å²) in [4.78, 5) is 15.8. The molecule has 1 fully saturated rings. The van der Waals surface area contributed by atoms with Crippen molar-refractivity contribution in [1.82, 2.24) is 4.90 Å². The number of benzene rings is 1. The molecule has 5 heteroatoms. The lowest BCUT2D eigenvalue weighted by Gasteiger charge is -2.25. The fourth-order valence-corrected chi connectivity index (χ4v) is 2.36. The first kappa shape index (κ1) is 14.5. The maximum Gasteiger partial charge on any atom is 0.241 e. The van der Waals surface area contributed by atoms with Crippen LogP contribution in [0.15, 0.2) is 18.2 Å². The molecule has 2 rings (SSSR count). The summed E-state index contributed by atoms with van der Waals surface area (Å²) in [7, 11) is 1.84. The normalized spacial score (nSPS) is 16.5. The summed E-state index contributed by atoms with van der Waals surface area (Å²) in [6.07, 6.45) is 1.01. The molecule has 0 bridgehead atoms. The van der Waals surface area contributed by atoms with Gasteiger partial charge in [0.05, 0.1) is 24.0 Å². The highest BCUT2D eigenvalue weighted by Crippen LogP contribution is 2.33. The van der Waals surface area contributed by atoms with Crippen LogP contribution in [-0.4, -0.2) is 43.6 Å². The third kappa shape index (κ3) is 3.15. The van der Waals surface area contributed by atoms with Crippen molar-refractivity contribution in [2.24, 2.45) is 0 Å². The lowest BCUT2D eigenvalue weighted by Crippen LogP contribution is -2.34. The van der Waals surface area contributed by atoms with Crippen LogP contribution in [0, 0.1) is 0 Å². The predicted molar refractivity (Wildman–Crippen MR) is 81.1 cm³/mol. The molecule has 20 heavy (non-hydrogen) atoms. The summed E-state index contributed by atoms with van der Waals surface area (Å²) >= 11 is 0. The van der Waals surface area contributed by atoms with Gasteiger partial charge in [0.1, 0.15) is 5.75 Å². The number of rotatable bonds is 3. The zero-order valence-electron chi connectivity index (χ0n) is 12.4. The molecule has 1 amide bonds. The number of nitrogens with two attached hydrogens (primary N) is 1. The molecule has 1 aliphatic heterocycles. The van der Waals surface area contributed by atoms with Crippen molar-refractivity contribution in [3.63, 3.8) is 0 Å². The summed E-state index contributed by atoms with van der Waals surface area (Å²) in [5.74, 6) is 0.805. The Balaban J connectivity index is 2.25. The molecule has 0 aromatic heterocycles. The van der Waals surface area contributed by atoms with E-state index >= 15 is 0 Å².